The molecule has 4 rings (SSSR count). The largest absolute Gasteiger partial charge is 0.497 e. The van der Waals surface area contributed by atoms with Crippen LogP contribution in [0, 0.1) is 0 Å². The predicted octanol–water partition coefficient (Wildman–Crippen LogP) is 2.91. The Bertz CT molecular complexity index is 779. The molecule has 2 aliphatic rings. The first-order chi connectivity index (χ1) is 11.2. The molecular formula is C18H15NO4. The van der Waals surface area contributed by atoms with E-state index in [0.29, 0.717) is 11.1 Å². The quantitative estimate of drug-likeness (QED) is 0.818. The Kier molecular flexibility index (Phi) is 3.16. The zero-order chi connectivity index (χ0) is 16.0. The normalized spacial score (nSPS) is 19.0. The number of rotatable bonds is 3. The van der Waals surface area contributed by atoms with Crippen LogP contribution in [0.4, 0.5) is 0 Å². The smallest absolute Gasteiger partial charge is 0.285 e. The number of amides is 2. The van der Waals surface area contributed by atoms with Crippen LogP contribution < -0.4 is 4.74 Å². The Morgan fingerprint density at radius 2 is 1.74 bits per heavy atom. The molecule has 1 heterocycles. The van der Waals surface area contributed by atoms with Gasteiger partial charge in [-0.15, -0.1) is 5.06 Å². The Morgan fingerprint density at radius 1 is 1.04 bits per heavy atom. The molecule has 0 saturated heterocycles. The Hall–Kier alpha value is -2.66. The van der Waals surface area contributed by atoms with Crippen LogP contribution >= 0.6 is 0 Å². The molecule has 116 valence electrons. The van der Waals surface area contributed by atoms with Crippen LogP contribution in [0.2, 0.25) is 0 Å². The molecule has 0 N–H and O–H groups in total. The molecule has 5 nitrogen and oxygen atoms in total. The van der Waals surface area contributed by atoms with E-state index in [1.807, 2.05) is 18.2 Å². The molecule has 0 aromatic heterocycles. The van der Waals surface area contributed by atoms with Gasteiger partial charge >= 0.3 is 0 Å². The number of methoxy groups -OCH3 is 1. The van der Waals surface area contributed by atoms with E-state index < -0.39 is 11.8 Å². The number of aryl methyl sites for hydroxylation is 1. The third-order valence-corrected chi connectivity index (χ3v) is 4.36. The van der Waals surface area contributed by atoms with Crippen molar-refractivity contribution in [3.63, 3.8) is 0 Å². The number of hydrogen-bond donors (Lipinski definition) is 0. The van der Waals surface area contributed by atoms with E-state index in [2.05, 4.69) is 0 Å². The summed E-state index contributed by atoms with van der Waals surface area (Å²) < 4.78 is 5.23. The van der Waals surface area contributed by atoms with Crippen LogP contribution in [0.3, 0.4) is 0 Å². The first kappa shape index (κ1) is 14.0. The van der Waals surface area contributed by atoms with E-state index in [1.165, 1.54) is 0 Å². The minimum atomic E-state index is -0.396. The van der Waals surface area contributed by atoms with Crippen molar-refractivity contribution < 1.29 is 19.2 Å². The zero-order valence-corrected chi connectivity index (χ0v) is 12.6. The Labute approximate surface area is 133 Å². The number of fused-ring (bicyclic) bond motifs is 2. The highest BCUT2D eigenvalue weighted by atomic mass is 16.7. The van der Waals surface area contributed by atoms with Crippen LogP contribution in [0.15, 0.2) is 42.5 Å². The van der Waals surface area contributed by atoms with Gasteiger partial charge in [-0.1, -0.05) is 18.2 Å². The number of carbonyl (C=O) groups is 2. The summed E-state index contributed by atoms with van der Waals surface area (Å²) >= 11 is 0. The summed E-state index contributed by atoms with van der Waals surface area (Å²) in [6, 6.07) is 12.5. The van der Waals surface area contributed by atoms with Gasteiger partial charge in [0.2, 0.25) is 0 Å². The lowest BCUT2D eigenvalue weighted by molar-refractivity contribution is -0.133. The lowest BCUT2D eigenvalue weighted by Crippen LogP contribution is -2.31. The fourth-order valence-electron chi connectivity index (χ4n) is 3.18. The molecule has 2 amide bonds. The summed E-state index contributed by atoms with van der Waals surface area (Å²) in [5.41, 5.74) is 2.92. The van der Waals surface area contributed by atoms with Crippen LogP contribution in [0.5, 0.6) is 5.75 Å². The van der Waals surface area contributed by atoms with Crippen LogP contribution in [0.1, 0.15) is 44.4 Å². The molecule has 1 unspecified atom stereocenters. The monoisotopic (exact) mass is 309 g/mol. The SMILES string of the molecule is COc1ccc2c(c1)CCC2ON1C(=O)c2ccccc2C1=O. The minimum Gasteiger partial charge on any atom is -0.497 e. The fraction of sp³-hybridized carbons (Fsp3) is 0.222. The molecular weight excluding hydrogens is 294 g/mol. The molecule has 0 saturated carbocycles. The molecule has 0 spiro atoms. The van der Waals surface area contributed by atoms with E-state index in [0.717, 1.165) is 34.8 Å². The third kappa shape index (κ3) is 2.12. The Balaban J connectivity index is 1.60. The topological polar surface area (TPSA) is 55.8 Å². The number of benzene rings is 2. The summed E-state index contributed by atoms with van der Waals surface area (Å²) in [4.78, 5) is 30.5. The van der Waals surface area contributed by atoms with Gasteiger partial charge in [-0.25, -0.2) is 0 Å². The number of imide groups is 1. The summed E-state index contributed by atoms with van der Waals surface area (Å²) in [6.07, 6.45) is 1.27. The summed E-state index contributed by atoms with van der Waals surface area (Å²) in [7, 11) is 1.63. The molecule has 0 radical (unpaired) electrons. The van der Waals surface area contributed by atoms with E-state index in [9.17, 15) is 9.59 Å². The number of nitrogens with zero attached hydrogens (tertiary/aromatic N) is 1. The number of hydrogen-bond acceptors (Lipinski definition) is 4. The highest BCUT2D eigenvalue weighted by Gasteiger charge is 2.39. The maximum Gasteiger partial charge on any atom is 0.285 e. The highest BCUT2D eigenvalue weighted by Crippen LogP contribution is 2.38. The van der Waals surface area contributed by atoms with Crippen molar-refractivity contribution in [1.29, 1.82) is 0 Å². The molecule has 2 aromatic rings. The predicted molar refractivity (Wildman–Crippen MR) is 82.1 cm³/mol. The second-order valence-corrected chi connectivity index (χ2v) is 5.65. The molecule has 23 heavy (non-hydrogen) atoms. The molecule has 1 atom stereocenters. The maximum atomic E-state index is 12.4. The van der Waals surface area contributed by atoms with E-state index >= 15 is 0 Å². The van der Waals surface area contributed by atoms with Crippen molar-refractivity contribution in [2.75, 3.05) is 7.11 Å². The lowest BCUT2D eigenvalue weighted by Gasteiger charge is -2.19. The standard InChI is InChI=1S/C18H15NO4/c1-22-12-7-8-13-11(10-12)6-9-16(13)23-19-17(20)14-4-2-3-5-15(14)18(19)21/h2-5,7-8,10,16H,6,9H2,1H3. The van der Waals surface area contributed by atoms with Gasteiger partial charge in [-0.3, -0.25) is 14.4 Å². The van der Waals surface area contributed by atoms with Gasteiger partial charge in [0.05, 0.1) is 18.2 Å². The van der Waals surface area contributed by atoms with Crippen molar-refractivity contribution in [2.45, 2.75) is 18.9 Å². The highest BCUT2D eigenvalue weighted by molar-refractivity contribution is 6.20. The second kappa shape index (κ2) is 5.21. The van der Waals surface area contributed by atoms with Gasteiger partial charge in [0.15, 0.2) is 0 Å². The molecule has 0 bridgehead atoms. The van der Waals surface area contributed by atoms with E-state index in [-0.39, 0.29) is 6.10 Å². The van der Waals surface area contributed by atoms with Gasteiger partial charge < -0.3 is 4.74 Å². The molecule has 2 aromatic carbocycles. The first-order valence-electron chi connectivity index (χ1n) is 7.50. The average molecular weight is 309 g/mol. The lowest BCUT2D eigenvalue weighted by atomic mass is 10.1. The molecule has 1 aliphatic carbocycles. The number of carbonyl (C=O) groups excluding carboxylic acids is 2. The van der Waals surface area contributed by atoms with Crippen LogP contribution in [0.25, 0.3) is 0 Å². The maximum absolute atomic E-state index is 12.4. The number of ether oxygens (including phenoxy) is 1. The van der Waals surface area contributed by atoms with Crippen LogP contribution in [-0.2, 0) is 11.3 Å². The fourth-order valence-corrected chi connectivity index (χ4v) is 3.18. The van der Waals surface area contributed by atoms with Gasteiger partial charge in [0.25, 0.3) is 11.8 Å². The summed E-state index contributed by atoms with van der Waals surface area (Å²) in [5.74, 6) is 0.00486. The van der Waals surface area contributed by atoms with Gasteiger partial charge in [0, 0.05) is 0 Å². The van der Waals surface area contributed by atoms with Gasteiger partial charge in [-0.05, 0) is 48.2 Å². The van der Waals surface area contributed by atoms with Crippen molar-refractivity contribution in [1.82, 2.24) is 5.06 Å². The van der Waals surface area contributed by atoms with Crippen molar-refractivity contribution in [3.8, 4) is 5.75 Å². The summed E-state index contributed by atoms with van der Waals surface area (Å²) in [5, 5.41) is 0.897. The van der Waals surface area contributed by atoms with Crippen LogP contribution in [-0.4, -0.2) is 24.0 Å². The molecule has 5 heteroatoms. The Morgan fingerprint density at radius 3 is 2.39 bits per heavy atom. The first-order valence-corrected chi connectivity index (χ1v) is 7.50. The van der Waals surface area contributed by atoms with Crippen molar-refractivity contribution >= 4 is 11.8 Å². The van der Waals surface area contributed by atoms with Gasteiger partial charge in [0.1, 0.15) is 11.9 Å². The van der Waals surface area contributed by atoms with Crippen molar-refractivity contribution in [3.05, 3.63) is 64.7 Å². The van der Waals surface area contributed by atoms with Gasteiger partial charge in [-0.2, -0.15) is 0 Å². The molecule has 0 fully saturated rings. The zero-order valence-electron chi connectivity index (χ0n) is 12.6. The number of hydroxylamine groups is 2. The molecule has 1 aliphatic heterocycles. The third-order valence-electron chi connectivity index (χ3n) is 4.36. The average Bonchev–Trinajstić information content (AvgIpc) is 3.10. The summed E-state index contributed by atoms with van der Waals surface area (Å²) in [6.45, 7) is 0. The van der Waals surface area contributed by atoms with E-state index in [1.54, 1.807) is 31.4 Å². The van der Waals surface area contributed by atoms with E-state index in [4.69, 9.17) is 9.57 Å². The minimum absolute atomic E-state index is 0.293. The second-order valence-electron chi connectivity index (χ2n) is 5.65. The van der Waals surface area contributed by atoms with Crippen molar-refractivity contribution in [2.24, 2.45) is 0 Å².